The van der Waals surface area contributed by atoms with Crippen molar-refractivity contribution < 1.29 is 4.74 Å². The minimum Gasteiger partial charge on any atom is -0.475 e. The topological polar surface area (TPSA) is 60.8 Å². The highest BCUT2D eigenvalue weighted by Crippen LogP contribution is 2.26. The van der Waals surface area contributed by atoms with Crippen molar-refractivity contribution in [2.45, 2.75) is 13.3 Å². The van der Waals surface area contributed by atoms with E-state index in [-0.39, 0.29) is 0 Å². The van der Waals surface area contributed by atoms with Gasteiger partial charge in [0.25, 0.3) is 5.88 Å². The molecule has 6 heteroatoms. The maximum atomic E-state index is 5.49. The molecule has 0 aliphatic carbocycles. The Morgan fingerprint density at radius 3 is 2.38 bits per heavy atom. The molecule has 108 valence electrons. The lowest BCUT2D eigenvalue weighted by atomic mass is 10.2. The first kappa shape index (κ1) is 15.1. The molecule has 5 nitrogen and oxygen atoms in total. The van der Waals surface area contributed by atoms with E-state index in [2.05, 4.69) is 25.6 Å². The molecule has 0 saturated carbocycles. The molecule has 0 aromatic carbocycles. The second-order valence-corrected chi connectivity index (χ2v) is 4.56. The minimum absolute atomic E-state index is 0.606. The van der Waals surface area contributed by atoms with Crippen LogP contribution >= 0.6 is 11.7 Å². The van der Waals surface area contributed by atoms with E-state index >= 15 is 0 Å². The van der Waals surface area contributed by atoms with E-state index in [0.29, 0.717) is 12.5 Å². The number of hydrogen-bond donors (Lipinski definition) is 0. The highest BCUT2D eigenvalue weighted by molar-refractivity contribution is 6.99. The molecular formula is C15H16N4OS. The summed E-state index contributed by atoms with van der Waals surface area (Å²) in [7, 11) is 0. The van der Waals surface area contributed by atoms with E-state index in [9.17, 15) is 0 Å². The van der Waals surface area contributed by atoms with Crippen LogP contribution in [0.2, 0.25) is 0 Å². The van der Waals surface area contributed by atoms with Crippen LogP contribution < -0.4 is 4.74 Å². The Bertz CT molecular complexity index is 589. The molecule has 0 fully saturated rings. The lowest BCUT2D eigenvalue weighted by molar-refractivity contribution is 0.309. The highest BCUT2D eigenvalue weighted by atomic mass is 32.1. The van der Waals surface area contributed by atoms with Gasteiger partial charge in [0.05, 0.1) is 18.3 Å². The SMILES string of the molecule is CCCOc1nsnc1-c1cccnc1.c1ccncc1. The van der Waals surface area contributed by atoms with Crippen LogP contribution in [0.3, 0.4) is 0 Å². The molecule has 0 bridgehead atoms. The van der Waals surface area contributed by atoms with E-state index in [4.69, 9.17) is 4.74 Å². The molecule has 0 N–H and O–H groups in total. The Labute approximate surface area is 128 Å². The molecule has 0 saturated heterocycles. The first-order chi connectivity index (χ1) is 10.4. The summed E-state index contributed by atoms with van der Waals surface area (Å²) in [5.74, 6) is 0.606. The van der Waals surface area contributed by atoms with Crippen LogP contribution in [0.15, 0.2) is 55.1 Å². The number of aromatic nitrogens is 4. The van der Waals surface area contributed by atoms with Crippen molar-refractivity contribution in [3.05, 3.63) is 55.1 Å². The van der Waals surface area contributed by atoms with Gasteiger partial charge in [-0.05, 0) is 30.7 Å². The van der Waals surface area contributed by atoms with Crippen LogP contribution in [0.1, 0.15) is 13.3 Å². The largest absolute Gasteiger partial charge is 0.475 e. The standard InChI is InChI=1S/C10H11N3OS.C5H5N/c1-2-6-14-10-9(12-15-13-10)8-4-3-5-11-7-8;1-2-4-6-5-3-1/h3-5,7H,2,6H2,1H3;1-5H. The lowest BCUT2D eigenvalue weighted by Crippen LogP contribution is -1.96. The van der Waals surface area contributed by atoms with Crippen LogP contribution in [-0.2, 0) is 0 Å². The van der Waals surface area contributed by atoms with Gasteiger partial charge < -0.3 is 4.74 Å². The summed E-state index contributed by atoms with van der Waals surface area (Å²) in [5.41, 5.74) is 1.72. The van der Waals surface area contributed by atoms with Crippen LogP contribution in [0.4, 0.5) is 0 Å². The number of hydrogen-bond acceptors (Lipinski definition) is 6. The second-order valence-electron chi connectivity index (χ2n) is 4.03. The molecule has 0 amide bonds. The summed E-state index contributed by atoms with van der Waals surface area (Å²) >= 11 is 1.16. The Hall–Kier alpha value is -2.34. The third-order valence-electron chi connectivity index (χ3n) is 2.40. The zero-order chi connectivity index (χ0) is 14.8. The quantitative estimate of drug-likeness (QED) is 0.738. The van der Waals surface area contributed by atoms with Gasteiger partial charge in [-0.1, -0.05) is 13.0 Å². The fraction of sp³-hybridized carbons (Fsp3) is 0.200. The highest BCUT2D eigenvalue weighted by Gasteiger charge is 2.11. The van der Waals surface area contributed by atoms with Gasteiger partial charge in [0.1, 0.15) is 5.69 Å². The van der Waals surface area contributed by atoms with Crippen LogP contribution in [0, 0.1) is 0 Å². The molecule has 0 aliphatic rings. The fourth-order valence-electron chi connectivity index (χ4n) is 1.47. The lowest BCUT2D eigenvalue weighted by Gasteiger charge is -2.02. The maximum Gasteiger partial charge on any atom is 0.254 e. The van der Waals surface area contributed by atoms with Gasteiger partial charge in [-0.2, -0.15) is 4.37 Å². The number of rotatable bonds is 4. The van der Waals surface area contributed by atoms with Gasteiger partial charge in [0, 0.05) is 30.4 Å². The van der Waals surface area contributed by atoms with Crippen LogP contribution in [0.25, 0.3) is 11.3 Å². The summed E-state index contributed by atoms with van der Waals surface area (Å²) in [6, 6.07) is 9.54. The monoisotopic (exact) mass is 300 g/mol. The summed E-state index contributed by atoms with van der Waals surface area (Å²) in [4.78, 5) is 7.83. The van der Waals surface area contributed by atoms with Gasteiger partial charge in [-0.3, -0.25) is 9.97 Å². The molecule has 0 radical (unpaired) electrons. The Morgan fingerprint density at radius 1 is 1.00 bits per heavy atom. The molecular weight excluding hydrogens is 284 g/mol. The van der Waals surface area contributed by atoms with Gasteiger partial charge >= 0.3 is 0 Å². The maximum absolute atomic E-state index is 5.49. The van der Waals surface area contributed by atoms with Crippen molar-refractivity contribution in [2.24, 2.45) is 0 Å². The summed E-state index contributed by atoms with van der Waals surface area (Å²) < 4.78 is 13.8. The first-order valence-electron chi connectivity index (χ1n) is 6.62. The van der Waals surface area contributed by atoms with Gasteiger partial charge in [-0.25, -0.2) is 0 Å². The zero-order valence-electron chi connectivity index (χ0n) is 11.7. The summed E-state index contributed by atoms with van der Waals surface area (Å²) in [6.45, 7) is 2.72. The molecule has 3 heterocycles. The van der Waals surface area contributed by atoms with Crippen molar-refractivity contribution in [2.75, 3.05) is 6.61 Å². The van der Waals surface area contributed by atoms with E-state index in [1.165, 1.54) is 0 Å². The Morgan fingerprint density at radius 2 is 1.81 bits per heavy atom. The van der Waals surface area contributed by atoms with E-state index in [1.807, 2.05) is 30.3 Å². The average molecular weight is 300 g/mol. The van der Waals surface area contributed by atoms with E-state index in [0.717, 1.165) is 29.4 Å². The molecule has 0 aliphatic heterocycles. The Balaban J connectivity index is 0.000000225. The van der Waals surface area contributed by atoms with Crippen LogP contribution in [-0.4, -0.2) is 25.3 Å². The molecule has 3 rings (SSSR count). The molecule has 0 unspecified atom stereocenters. The van der Waals surface area contributed by atoms with Crippen molar-refractivity contribution in [1.29, 1.82) is 0 Å². The van der Waals surface area contributed by atoms with Crippen LogP contribution in [0.5, 0.6) is 5.88 Å². The number of ether oxygens (including phenoxy) is 1. The van der Waals surface area contributed by atoms with Gasteiger partial charge in [0.2, 0.25) is 0 Å². The van der Waals surface area contributed by atoms with E-state index < -0.39 is 0 Å². The fourth-order valence-corrected chi connectivity index (χ4v) is 1.98. The van der Waals surface area contributed by atoms with Crippen molar-refractivity contribution in [1.82, 2.24) is 18.7 Å². The molecule has 3 aromatic rings. The van der Waals surface area contributed by atoms with Gasteiger partial charge in [-0.15, -0.1) is 4.37 Å². The van der Waals surface area contributed by atoms with Crippen molar-refractivity contribution in [3.8, 4) is 17.1 Å². The molecule has 21 heavy (non-hydrogen) atoms. The normalized spacial score (nSPS) is 9.57. The third-order valence-corrected chi connectivity index (χ3v) is 2.91. The van der Waals surface area contributed by atoms with Gasteiger partial charge in [0.15, 0.2) is 0 Å². The second kappa shape index (κ2) is 8.76. The number of nitrogens with zero attached hydrogens (tertiary/aromatic N) is 4. The predicted molar refractivity (Wildman–Crippen MR) is 83.2 cm³/mol. The zero-order valence-corrected chi connectivity index (χ0v) is 12.5. The summed E-state index contributed by atoms with van der Waals surface area (Å²) in [5, 5.41) is 0. The smallest absolute Gasteiger partial charge is 0.254 e. The molecule has 3 aromatic heterocycles. The van der Waals surface area contributed by atoms with Crippen molar-refractivity contribution in [3.63, 3.8) is 0 Å². The summed E-state index contributed by atoms with van der Waals surface area (Å²) in [6.07, 6.45) is 7.95. The third kappa shape index (κ3) is 4.92. The Kier molecular flexibility index (Phi) is 6.28. The molecule has 0 spiro atoms. The van der Waals surface area contributed by atoms with Crippen molar-refractivity contribution >= 4 is 11.7 Å². The number of pyridine rings is 2. The molecule has 0 atom stereocenters. The minimum atomic E-state index is 0.606. The predicted octanol–water partition coefficient (Wildman–Crippen LogP) is 3.47. The van der Waals surface area contributed by atoms with E-state index in [1.54, 1.807) is 24.8 Å². The first-order valence-corrected chi connectivity index (χ1v) is 7.35. The average Bonchev–Trinajstić information content (AvgIpc) is 3.04.